The molecule has 0 radical (unpaired) electrons. The lowest BCUT2D eigenvalue weighted by atomic mass is 9.95. The molecule has 0 spiro atoms. The number of piperidine rings is 1. The summed E-state index contributed by atoms with van der Waals surface area (Å²) in [6.07, 6.45) is 7.57. The standard InChI is InChI=1S/C68H101IN12O13/c1-18-24-49-63(89)80(16)68(8,9)67(93)72-51(33-42(3)4)62(88)79(15)54(65(91)81-31-21-20-22-32-81)38-56(83)77(13)52(34-43(5)6)61(87)73-59(44(7)19-2)66(92)76(12)40-57(84)74(10)41-58(85)78(14)53(37-45-27-29-48(94-17)30-28-45)64(90)75(11)39-55(82)70-50(60(86)71-49)36-46-25-23-26-47(69)35-46/h1,23,25-30,35,42-44,49-54,59H,19-22,24,31-34,36-41H2,2-17H3,(H,70,82)(H,71,86)(H,72,93)(H,73,87)/t44-,49+,50-,51-,52-,53-,54-,59-/m0/s1. The smallest absolute Gasteiger partial charge is 0.246 e. The normalized spacial score (nSPS) is 23.8. The minimum absolute atomic E-state index is 0.0568. The van der Waals surface area contributed by atoms with Crippen LogP contribution in [-0.4, -0.2) is 247 Å². The number of terminal acetylenes is 1. The average molecular weight is 1420 g/mol. The summed E-state index contributed by atoms with van der Waals surface area (Å²) in [4.78, 5) is 185. The molecule has 2 aliphatic heterocycles. The second kappa shape index (κ2) is 36.2. The van der Waals surface area contributed by atoms with Crippen LogP contribution in [0.2, 0.25) is 0 Å². The molecular weight excluding hydrogens is 1320 g/mol. The van der Waals surface area contributed by atoms with Crippen molar-refractivity contribution in [1.29, 1.82) is 0 Å². The number of likely N-dealkylation sites (N-methyl/N-ethyl adjacent to an activating group) is 7. The zero-order valence-electron chi connectivity index (χ0n) is 57.8. The third-order valence-electron chi connectivity index (χ3n) is 17.8. The van der Waals surface area contributed by atoms with Crippen molar-refractivity contribution in [1.82, 2.24) is 60.5 Å². The highest BCUT2D eigenvalue weighted by Crippen LogP contribution is 2.24. The second-order valence-electron chi connectivity index (χ2n) is 26.3. The Balaban J connectivity index is 1.88. The van der Waals surface area contributed by atoms with E-state index in [9.17, 15) is 52.7 Å². The molecule has 0 unspecified atom stereocenters. The molecule has 94 heavy (non-hydrogen) atoms. The molecule has 2 aromatic rings. The predicted molar refractivity (Wildman–Crippen MR) is 364 cm³/mol. The molecular formula is C68H101IN12O13. The highest BCUT2D eigenvalue weighted by Gasteiger charge is 2.44. The number of likely N-dealkylation sites (tertiary alicyclic amines) is 1. The summed E-state index contributed by atoms with van der Waals surface area (Å²) in [6.45, 7) is 12.9. The Morgan fingerprint density at radius 1 is 0.628 bits per heavy atom. The molecule has 25 nitrogen and oxygen atoms in total. The van der Waals surface area contributed by atoms with Crippen molar-refractivity contribution in [2.45, 2.75) is 167 Å². The van der Waals surface area contributed by atoms with Gasteiger partial charge in [0.25, 0.3) is 0 Å². The molecule has 4 rings (SSSR count). The van der Waals surface area contributed by atoms with E-state index in [-0.39, 0.29) is 43.9 Å². The van der Waals surface area contributed by atoms with Crippen molar-refractivity contribution >= 4 is 93.5 Å². The van der Waals surface area contributed by atoms with Gasteiger partial charge in [-0.2, -0.15) is 0 Å². The van der Waals surface area contributed by atoms with Gasteiger partial charge in [-0.05, 0) is 122 Å². The van der Waals surface area contributed by atoms with E-state index in [4.69, 9.17) is 11.2 Å². The van der Waals surface area contributed by atoms with Crippen LogP contribution in [0.4, 0.5) is 0 Å². The average Bonchev–Trinajstić information content (AvgIpc) is 0.841. The zero-order chi connectivity index (χ0) is 70.6. The highest BCUT2D eigenvalue weighted by molar-refractivity contribution is 14.1. The van der Waals surface area contributed by atoms with E-state index in [0.29, 0.717) is 49.2 Å². The maximum absolute atomic E-state index is 15.1. The van der Waals surface area contributed by atoms with Crippen LogP contribution >= 0.6 is 22.6 Å². The van der Waals surface area contributed by atoms with Gasteiger partial charge in [-0.25, -0.2) is 0 Å². The number of hydrogen-bond acceptors (Lipinski definition) is 13. The molecule has 0 aromatic heterocycles. The molecule has 2 heterocycles. The third kappa shape index (κ3) is 21.9. The quantitative estimate of drug-likeness (QED) is 0.166. The van der Waals surface area contributed by atoms with Crippen LogP contribution in [0.1, 0.15) is 118 Å². The van der Waals surface area contributed by atoms with Crippen molar-refractivity contribution in [2.24, 2.45) is 17.8 Å². The monoisotopic (exact) mass is 1420 g/mol. The van der Waals surface area contributed by atoms with Gasteiger partial charge in [0.05, 0.1) is 33.2 Å². The SMILES string of the molecule is C#CC[C@H]1NC(=O)[C@H](Cc2cccc(I)c2)NC(=O)CN(C)C(=O)[C@H](Cc2ccc(OC)cc2)N(C)C(=O)CN(C)C(=O)CN(C)C(=O)[C@H]([C@@H](C)CC)NC(=O)[C@H](CC(C)C)N(C)C(=O)C[C@@H](C(=O)N2CCCCC2)N(C)C(=O)[C@H](CC(C)C)NC(=O)C(C)(C)N(C)C1=O. The second-order valence-corrected chi connectivity index (χ2v) is 27.6. The molecule has 0 bridgehead atoms. The fourth-order valence-corrected chi connectivity index (χ4v) is 11.8. The largest absolute Gasteiger partial charge is 0.497 e. The van der Waals surface area contributed by atoms with Crippen molar-refractivity contribution in [3.63, 3.8) is 0 Å². The molecule has 0 saturated carbocycles. The maximum atomic E-state index is 15.1. The Morgan fingerprint density at radius 3 is 1.80 bits per heavy atom. The van der Waals surface area contributed by atoms with Crippen molar-refractivity contribution in [3.8, 4) is 18.1 Å². The fourth-order valence-electron chi connectivity index (χ4n) is 11.2. The first kappa shape index (κ1) is 78.6. The molecule has 2 fully saturated rings. The number of halogens is 1. The molecule has 0 aliphatic carbocycles. The van der Waals surface area contributed by atoms with Gasteiger partial charge in [-0.1, -0.05) is 72.2 Å². The first-order valence-corrected chi connectivity index (χ1v) is 33.3. The van der Waals surface area contributed by atoms with E-state index in [0.717, 1.165) is 34.5 Å². The summed E-state index contributed by atoms with van der Waals surface area (Å²) < 4.78 is 6.16. The van der Waals surface area contributed by atoms with Crippen LogP contribution in [0.25, 0.3) is 0 Å². The molecule has 2 aromatic carbocycles. The van der Waals surface area contributed by atoms with Gasteiger partial charge in [-0.15, -0.1) is 12.3 Å². The number of amides is 12. The molecule has 4 N–H and O–H groups in total. The topological polar surface area (TPSA) is 288 Å². The number of nitrogens with one attached hydrogen (secondary N) is 4. The number of methoxy groups -OCH3 is 1. The summed E-state index contributed by atoms with van der Waals surface area (Å²) in [5.74, 6) is -6.39. The molecule has 2 aliphatic rings. The summed E-state index contributed by atoms with van der Waals surface area (Å²) in [6, 6.07) is 4.70. The lowest BCUT2D eigenvalue weighted by Crippen LogP contribution is -2.63. The predicted octanol–water partition coefficient (Wildman–Crippen LogP) is 2.70. The molecule has 12 amide bonds. The molecule has 2 saturated heterocycles. The van der Waals surface area contributed by atoms with E-state index in [2.05, 4.69) is 49.8 Å². The molecule has 518 valence electrons. The van der Waals surface area contributed by atoms with Crippen LogP contribution in [0.3, 0.4) is 0 Å². The third-order valence-corrected chi connectivity index (χ3v) is 18.4. The summed E-state index contributed by atoms with van der Waals surface area (Å²) in [5, 5.41) is 11.2. The van der Waals surface area contributed by atoms with Gasteiger partial charge in [0.15, 0.2) is 0 Å². The minimum atomic E-state index is -1.76. The summed E-state index contributed by atoms with van der Waals surface area (Å²) in [7, 11) is 11.1. The van der Waals surface area contributed by atoms with Crippen LogP contribution in [0.5, 0.6) is 5.75 Å². The Labute approximate surface area is 569 Å². The van der Waals surface area contributed by atoms with Crippen LogP contribution in [0.15, 0.2) is 48.5 Å². The Kier molecular flexibility index (Phi) is 30.2. The van der Waals surface area contributed by atoms with E-state index >= 15 is 4.79 Å². The van der Waals surface area contributed by atoms with Gasteiger partial charge >= 0.3 is 0 Å². The van der Waals surface area contributed by atoms with Crippen LogP contribution < -0.4 is 26.0 Å². The number of rotatable bonds is 13. The van der Waals surface area contributed by atoms with Crippen molar-refractivity contribution < 1.29 is 62.3 Å². The van der Waals surface area contributed by atoms with Gasteiger partial charge in [0.2, 0.25) is 70.9 Å². The number of nitrogens with zero attached hydrogens (tertiary/aromatic N) is 8. The summed E-state index contributed by atoms with van der Waals surface area (Å²) in [5.41, 5.74) is -0.526. The van der Waals surface area contributed by atoms with E-state index in [1.165, 1.54) is 80.1 Å². The van der Waals surface area contributed by atoms with E-state index in [1.807, 2.05) is 40.7 Å². The van der Waals surface area contributed by atoms with Crippen LogP contribution in [-0.2, 0) is 70.4 Å². The molecule has 8 atom stereocenters. The Morgan fingerprint density at radius 2 is 1.22 bits per heavy atom. The number of ether oxygens (including phenoxy) is 1. The van der Waals surface area contributed by atoms with Gasteiger partial charge in [0.1, 0.15) is 53.6 Å². The first-order chi connectivity index (χ1) is 44.1. The maximum Gasteiger partial charge on any atom is 0.246 e. The van der Waals surface area contributed by atoms with E-state index < -0.39 is 151 Å². The molecule has 26 heteroatoms. The zero-order valence-corrected chi connectivity index (χ0v) is 60.0. The van der Waals surface area contributed by atoms with Crippen molar-refractivity contribution in [3.05, 3.63) is 63.2 Å². The lowest BCUT2D eigenvalue weighted by Gasteiger charge is -2.39. The summed E-state index contributed by atoms with van der Waals surface area (Å²) >= 11 is 2.10. The lowest BCUT2D eigenvalue weighted by molar-refractivity contribution is -0.152. The van der Waals surface area contributed by atoms with Gasteiger partial charge in [-0.3, -0.25) is 57.5 Å². The highest BCUT2D eigenvalue weighted by atomic mass is 127. The first-order valence-electron chi connectivity index (χ1n) is 32.2. The number of carbonyl (C=O) groups excluding carboxylic acids is 12. The van der Waals surface area contributed by atoms with E-state index in [1.54, 1.807) is 54.3 Å². The van der Waals surface area contributed by atoms with Gasteiger partial charge in [0, 0.05) is 85.3 Å². The minimum Gasteiger partial charge on any atom is -0.497 e. The Bertz CT molecular complexity index is 3070. The number of benzene rings is 2. The van der Waals surface area contributed by atoms with Crippen LogP contribution in [0, 0.1) is 33.7 Å². The number of carbonyl (C=O) groups is 12. The number of hydrogen-bond donors (Lipinski definition) is 4. The van der Waals surface area contributed by atoms with Gasteiger partial charge < -0.3 is 65.2 Å². The van der Waals surface area contributed by atoms with Crippen molar-refractivity contribution in [2.75, 3.05) is 89.2 Å². The Hall–Kier alpha value is -7.83. The fraction of sp³-hybridized carbons (Fsp3) is 0.618.